The molecular formula is C24H30N4O4S. The lowest BCUT2D eigenvalue weighted by Crippen LogP contribution is -2.40. The van der Waals surface area contributed by atoms with E-state index in [1.807, 2.05) is 13.0 Å². The summed E-state index contributed by atoms with van der Waals surface area (Å²) in [7, 11) is 0. The molecule has 3 heterocycles. The number of anilines is 2. The molecule has 3 aromatic heterocycles. The smallest absolute Gasteiger partial charge is 0.330 e. The quantitative estimate of drug-likeness (QED) is 0.540. The second-order valence-corrected chi connectivity index (χ2v) is 9.58. The van der Waals surface area contributed by atoms with Crippen molar-refractivity contribution < 1.29 is 9.21 Å². The van der Waals surface area contributed by atoms with Crippen LogP contribution >= 0.6 is 11.3 Å². The molecule has 4 rings (SSSR count). The number of rotatable bonds is 7. The van der Waals surface area contributed by atoms with Crippen molar-refractivity contribution >= 4 is 28.7 Å². The standard InChI is InChI=1S/C24H30N4O4S/c1-2-3-12-27-21(25)20(22(29)26-24(27)31)28(15-17-10-8-13-32-17)23(30)19-14-16-9-6-4-5-7-11-18(16)33-19/h8,10,13-14H,2-7,9,11-12,15,25H2,1H3,(H,26,29,31). The van der Waals surface area contributed by atoms with Gasteiger partial charge in [-0.25, -0.2) is 4.79 Å². The van der Waals surface area contributed by atoms with Gasteiger partial charge in [0, 0.05) is 11.4 Å². The van der Waals surface area contributed by atoms with E-state index in [1.54, 1.807) is 12.1 Å². The van der Waals surface area contributed by atoms with Gasteiger partial charge in [-0.15, -0.1) is 11.3 Å². The number of nitrogens with zero attached hydrogens (tertiary/aromatic N) is 2. The average Bonchev–Trinajstić information content (AvgIpc) is 3.42. The summed E-state index contributed by atoms with van der Waals surface area (Å²) in [5.74, 6) is 0.191. The van der Waals surface area contributed by atoms with Crippen LogP contribution in [0.5, 0.6) is 0 Å². The predicted octanol–water partition coefficient (Wildman–Crippen LogP) is 4.08. The van der Waals surface area contributed by atoms with Gasteiger partial charge in [0.15, 0.2) is 5.69 Å². The Morgan fingerprint density at radius 2 is 2.03 bits per heavy atom. The fraction of sp³-hybridized carbons (Fsp3) is 0.458. The molecule has 3 N–H and O–H groups in total. The number of aryl methyl sites for hydroxylation is 2. The van der Waals surface area contributed by atoms with Crippen molar-refractivity contribution in [1.29, 1.82) is 0 Å². The van der Waals surface area contributed by atoms with E-state index in [1.165, 1.54) is 50.3 Å². The third kappa shape index (κ3) is 4.98. The lowest BCUT2D eigenvalue weighted by Gasteiger charge is -2.23. The highest BCUT2D eigenvalue weighted by atomic mass is 32.1. The van der Waals surface area contributed by atoms with Gasteiger partial charge in [0.05, 0.1) is 17.7 Å². The first-order chi connectivity index (χ1) is 16.0. The number of nitrogens with one attached hydrogen (secondary N) is 1. The Morgan fingerprint density at radius 3 is 2.76 bits per heavy atom. The van der Waals surface area contributed by atoms with Gasteiger partial charge < -0.3 is 10.2 Å². The second kappa shape index (κ2) is 10.2. The number of aromatic nitrogens is 2. The van der Waals surface area contributed by atoms with E-state index in [0.717, 1.165) is 38.5 Å². The Bertz CT molecular complexity index is 1200. The summed E-state index contributed by atoms with van der Waals surface area (Å²) in [6.45, 7) is 2.40. The van der Waals surface area contributed by atoms with Gasteiger partial charge >= 0.3 is 5.69 Å². The number of hydrogen-bond donors (Lipinski definition) is 2. The predicted molar refractivity (Wildman–Crippen MR) is 130 cm³/mol. The minimum atomic E-state index is -0.680. The van der Waals surface area contributed by atoms with Crippen LogP contribution in [0.1, 0.15) is 71.3 Å². The van der Waals surface area contributed by atoms with E-state index in [-0.39, 0.29) is 24.0 Å². The van der Waals surface area contributed by atoms with Crippen molar-refractivity contribution in [2.24, 2.45) is 0 Å². The second-order valence-electron chi connectivity index (χ2n) is 8.44. The Balaban J connectivity index is 1.78. The van der Waals surface area contributed by atoms with Crippen LogP contribution in [0, 0.1) is 0 Å². The summed E-state index contributed by atoms with van der Waals surface area (Å²) in [6, 6.07) is 5.43. The topological polar surface area (TPSA) is 114 Å². The molecule has 0 aliphatic heterocycles. The third-order valence-corrected chi connectivity index (χ3v) is 7.29. The molecule has 0 bridgehead atoms. The molecule has 9 heteroatoms. The van der Waals surface area contributed by atoms with E-state index in [0.29, 0.717) is 17.2 Å². The Labute approximate surface area is 196 Å². The maximum atomic E-state index is 13.8. The number of thiophene rings is 1. The Kier molecular flexibility index (Phi) is 7.17. The number of carbonyl (C=O) groups is 1. The Morgan fingerprint density at radius 1 is 1.24 bits per heavy atom. The van der Waals surface area contributed by atoms with Gasteiger partial charge in [0.1, 0.15) is 11.6 Å². The molecule has 0 atom stereocenters. The van der Waals surface area contributed by atoms with Crippen molar-refractivity contribution in [3.63, 3.8) is 0 Å². The van der Waals surface area contributed by atoms with E-state index in [9.17, 15) is 14.4 Å². The first-order valence-electron chi connectivity index (χ1n) is 11.6. The number of carbonyl (C=O) groups excluding carboxylic acids is 1. The molecule has 33 heavy (non-hydrogen) atoms. The summed E-state index contributed by atoms with van der Waals surface area (Å²) < 4.78 is 6.80. The summed E-state index contributed by atoms with van der Waals surface area (Å²) in [6.07, 6.45) is 9.66. The molecule has 0 spiro atoms. The fourth-order valence-electron chi connectivity index (χ4n) is 4.27. The number of nitrogen functional groups attached to an aromatic ring is 1. The highest BCUT2D eigenvalue weighted by Crippen LogP contribution is 2.31. The zero-order valence-electron chi connectivity index (χ0n) is 18.9. The number of nitrogens with two attached hydrogens (primary N) is 1. The molecule has 3 aromatic rings. The number of furan rings is 1. The number of unbranched alkanes of at least 4 members (excludes halogenated alkanes) is 1. The fourth-order valence-corrected chi connectivity index (χ4v) is 5.47. The number of amides is 1. The molecular weight excluding hydrogens is 440 g/mol. The van der Waals surface area contributed by atoms with Crippen molar-refractivity contribution in [1.82, 2.24) is 9.55 Å². The lowest BCUT2D eigenvalue weighted by atomic mass is 10.00. The molecule has 1 aliphatic rings. The van der Waals surface area contributed by atoms with E-state index >= 15 is 0 Å². The zero-order valence-corrected chi connectivity index (χ0v) is 19.7. The van der Waals surface area contributed by atoms with Crippen molar-refractivity contribution in [2.45, 2.75) is 71.4 Å². The summed E-state index contributed by atoms with van der Waals surface area (Å²) in [5, 5.41) is 0. The van der Waals surface area contributed by atoms with Gasteiger partial charge in [-0.3, -0.25) is 24.0 Å². The molecule has 176 valence electrons. The van der Waals surface area contributed by atoms with Gasteiger partial charge in [-0.1, -0.05) is 26.2 Å². The van der Waals surface area contributed by atoms with Gasteiger partial charge in [0.25, 0.3) is 11.5 Å². The van der Waals surface area contributed by atoms with E-state index < -0.39 is 11.2 Å². The maximum absolute atomic E-state index is 13.8. The van der Waals surface area contributed by atoms with Crippen molar-refractivity contribution in [2.75, 3.05) is 10.6 Å². The van der Waals surface area contributed by atoms with Crippen LogP contribution in [0.25, 0.3) is 0 Å². The number of fused-ring (bicyclic) bond motifs is 1. The minimum Gasteiger partial charge on any atom is -0.467 e. The van der Waals surface area contributed by atoms with Gasteiger partial charge in [-0.05, 0) is 55.9 Å². The normalized spacial score (nSPS) is 13.8. The first kappa shape index (κ1) is 23.1. The highest BCUT2D eigenvalue weighted by Gasteiger charge is 2.28. The monoisotopic (exact) mass is 470 g/mol. The average molecular weight is 471 g/mol. The molecule has 0 saturated carbocycles. The number of aromatic amines is 1. The third-order valence-electron chi connectivity index (χ3n) is 6.07. The van der Waals surface area contributed by atoms with Crippen LogP contribution in [0.3, 0.4) is 0 Å². The maximum Gasteiger partial charge on any atom is 0.330 e. The van der Waals surface area contributed by atoms with Crippen LogP contribution in [0.4, 0.5) is 11.5 Å². The van der Waals surface area contributed by atoms with Gasteiger partial charge in [0.2, 0.25) is 0 Å². The molecule has 0 radical (unpaired) electrons. The van der Waals surface area contributed by atoms with Crippen LogP contribution < -0.4 is 21.9 Å². The van der Waals surface area contributed by atoms with Crippen LogP contribution in [-0.2, 0) is 25.9 Å². The SMILES string of the molecule is CCCCn1c(N)c(N(Cc2ccco2)C(=O)c2cc3c(s2)CCCCCC3)c(=O)[nH]c1=O. The summed E-state index contributed by atoms with van der Waals surface area (Å²) in [5.41, 5.74) is 6.28. The first-order valence-corrected chi connectivity index (χ1v) is 12.4. The molecule has 0 fully saturated rings. The summed E-state index contributed by atoms with van der Waals surface area (Å²) >= 11 is 1.49. The zero-order chi connectivity index (χ0) is 23.4. The molecule has 1 aliphatic carbocycles. The number of hydrogen-bond acceptors (Lipinski definition) is 6. The molecule has 0 unspecified atom stereocenters. The van der Waals surface area contributed by atoms with Gasteiger partial charge in [-0.2, -0.15) is 0 Å². The molecule has 1 amide bonds. The Hall–Kier alpha value is -3.07. The van der Waals surface area contributed by atoms with E-state index in [4.69, 9.17) is 10.2 Å². The van der Waals surface area contributed by atoms with Crippen LogP contribution in [0.2, 0.25) is 0 Å². The minimum absolute atomic E-state index is 0.00738. The van der Waals surface area contributed by atoms with Crippen molar-refractivity contribution in [3.8, 4) is 0 Å². The van der Waals surface area contributed by atoms with E-state index in [2.05, 4.69) is 4.98 Å². The van der Waals surface area contributed by atoms with Crippen LogP contribution in [0.15, 0.2) is 38.5 Å². The van der Waals surface area contributed by atoms with Crippen LogP contribution in [-0.4, -0.2) is 15.5 Å². The van der Waals surface area contributed by atoms with Crippen molar-refractivity contribution in [3.05, 3.63) is 66.4 Å². The molecule has 0 saturated heterocycles. The highest BCUT2D eigenvalue weighted by molar-refractivity contribution is 7.14. The summed E-state index contributed by atoms with van der Waals surface area (Å²) in [4.78, 5) is 44.6. The largest absolute Gasteiger partial charge is 0.467 e. The molecule has 8 nitrogen and oxygen atoms in total. The lowest BCUT2D eigenvalue weighted by molar-refractivity contribution is 0.0986. The molecule has 0 aromatic carbocycles. The number of H-pyrrole nitrogens is 1.